The standard InChI is InChI=1S/C16H22N2O2/c19-8-7-16(5-6-16)11-18-15(20)14-9-12-3-1-2-4-13(12)10-17-14/h1-4,14,17,19H,5-11H2,(H,18,20). The molecule has 1 amide bonds. The number of fused-ring (bicyclic) bond motifs is 1. The van der Waals surface area contributed by atoms with E-state index in [1.807, 2.05) is 12.1 Å². The third-order valence-electron chi connectivity index (χ3n) is 4.63. The monoisotopic (exact) mass is 274 g/mol. The highest BCUT2D eigenvalue weighted by Crippen LogP contribution is 2.47. The summed E-state index contributed by atoms with van der Waals surface area (Å²) in [5.74, 6) is 0.0868. The number of amides is 1. The van der Waals surface area contributed by atoms with Crippen molar-refractivity contribution in [3.63, 3.8) is 0 Å². The number of hydrogen-bond acceptors (Lipinski definition) is 3. The van der Waals surface area contributed by atoms with Gasteiger partial charge in [0, 0.05) is 19.7 Å². The molecule has 1 saturated carbocycles. The largest absolute Gasteiger partial charge is 0.396 e. The lowest BCUT2D eigenvalue weighted by Gasteiger charge is -2.26. The van der Waals surface area contributed by atoms with Crippen LogP contribution in [0.15, 0.2) is 24.3 Å². The average molecular weight is 274 g/mol. The fraction of sp³-hybridized carbons (Fsp3) is 0.562. The smallest absolute Gasteiger partial charge is 0.237 e. The van der Waals surface area contributed by atoms with Gasteiger partial charge in [-0.15, -0.1) is 0 Å². The molecule has 1 heterocycles. The Morgan fingerprint density at radius 3 is 2.80 bits per heavy atom. The second-order valence-electron chi connectivity index (χ2n) is 6.10. The van der Waals surface area contributed by atoms with Crippen LogP contribution >= 0.6 is 0 Å². The quantitative estimate of drug-likeness (QED) is 0.750. The SMILES string of the molecule is O=C(NCC1(CCO)CC1)C1Cc2ccccc2CN1. The molecule has 1 aromatic carbocycles. The van der Waals surface area contributed by atoms with Crippen LogP contribution in [0.3, 0.4) is 0 Å². The van der Waals surface area contributed by atoms with Crippen molar-refractivity contribution in [2.24, 2.45) is 5.41 Å². The highest BCUT2D eigenvalue weighted by molar-refractivity contribution is 5.82. The summed E-state index contributed by atoms with van der Waals surface area (Å²) in [5, 5.41) is 15.4. The predicted molar refractivity (Wildman–Crippen MR) is 77.2 cm³/mol. The van der Waals surface area contributed by atoms with Gasteiger partial charge in [0.15, 0.2) is 0 Å². The summed E-state index contributed by atoms with van der Waals surface area (Å²) in [6, 6.07) is 8.14. The van der Waals surface area contributed by atoms with Gasteiger partial charge in [0.05, 0.1) is 6.04 Å². The molecule has 1 atom stereocenters. The zero-order chi connectivity index (χ0) is 14.0. The first-order valence-electron chi connectivity index (χ1n) is 7.41. The van der Waals surface area contributed by atoms with Crippen molar-refractivity contribution in [3.05, 3.63) is 35.4 Å². The van der Waals surface area contributed by atoms with E-state index in [1.54, 1.807) is 0 Å². The first kappa shape index (κ1) is 13.6. The topological polar surface area (TPSA) is 61.4 Å². The average Bonchev–Trinajstić information content (AvgIpc) is 3.25. The molecule has 2 aliphatic rings. The maximum atomic E-state index is 12.3. The molecule has 1 unspecified atom stereocenters. The summed E-state index contributed by atoms with van der Waals surface area (Å²) in [4.78, 5) is 12.3. The lowest BCUT2D eigenvalue weighted by atomic mass is 9.95. The lowest BCUT2D eigenvalue weighted by Crippen LogP contribution is -2.48. The fourth-order valence-electron chi connectivity index (χ4n) is 2.97. The van der Waals surface area contributed by atoms with E-state index in [9.17, 15) is 4.79 Å². The lowest BCUT2D eigenvalue weighted by molar-refractivity contribution is -0.123. The van der Waals surface area contributed by atoms with Crippen molar-refractivity contribution in [3.8, 4) is 0 Å². The van der Waals surface area contributed by atoms with Gasteiger partial charge in [0.2, 0.25) is 5.91 Å². The van der Waals surface area contributed by atoms with Crippen LogP contribution in [0.2, 0.25) is 0 Å². The minimum Gasteiger partial charge on any atom is -0.396 e. The molecule has 1 fully saturated rings. The zero-order valence-electron chi connectivity index (χ0n) is 11.7. The van der Waals surface area contributed by atoms with E-state index in [2.05, 4.69) is 22.8 Å². The Morgan fingerprint density at radius 1 is 1.35 bits per heavy atom. The summed E-state index contributed by atoms with van der Waals surface area (Å²) >= 11 is 0. The molecule has 0 spiro atoms. The number of nitrogens with one attached hydrogen (secondary N) is 2. The van der Waals surface area contributed by atoms with Crippen molar-refractivity contribution >= 4 is 5.91 Å². The second-order valence-corrected chi connectivity index (χ2v) is 6.10. The van der Waals surface area contributed by atoms with Crippen LogP contribution < -0.4 is 10.6 Å². The Bertz CT molecular complexity index is 497. The Hall–Kier alpha value is -1.39. The van der Waals surface area contributed by atoms with Crippen LogP contribution in [-0.2, 0) is 17.8 Å². The minimum atomic E-state index is -0.130. The molecular weight excluding hydrogens is 252 g/mol. The first-order valence-corrected chi connectivity index (χ1v) is 7.41. The highest BCUT2D eigenvalue weighted by Gasteiger charge is 2.42. The van der Waals surface area contributed by atoms with Crippen molar-refractivity contribution in [1.29, 1.82) is 0 Å². The van der Waals surface area contributed by atoms with Gasteiger partial charge in [-0.2, -0.15) is 0 Å². The minimum absolute atomic E-state index is 0.0868. The molecule has 4 heteroatoms. The van der Waals surface area contributed by atoms with E-state index < -0.39 is 0 Å². The van der Waals surface area contributed by atoms with Gasteiger partial charge in [-0.05, 0) is 42.2 Å². The van der Waals surface area contributed by atoms with Gasteiger partial charge < -0.3 is 15.7 Å². The van der Waals surface area contributed by atoms with Gasteiger partial charge >= 0.3 is 0 Å². The molecule has 3 rings (SSSR count). The molecular formula is C16H22N2O2. The third kappa shape index (κ3) is 2.86. The number of benzene rings is 1. The van der Waals surface area contributed by atoms with Crippen LogP contribution in [0.5, 0.6) is 0 Å². The molecule has 108 valence electrons. The molecule has 3 N–H and O–H groups in total. The molecule has 1 aromatic rings. The number of carbonyl (C=O) groups excluding carboxylic acids is 1. The van der Waals surface area contributed by atoms with Crippen molar-refractivity contribution in [1.82, 2.24) is 10.6 Å². The van der Waals surface area contributed by atoms with Gasteiger partial charge in [0.25, 0.3) is 0 Å². The van der Waals surface area contributed by atoms with Crippen LogP contribution in [0.25, 0.3) is 0 Å². The summed E-state index contributed by atoms with van der Waals surface area (Å²) in [7, 11) is 0. The molecule has 0 radical (unpaired) electrons. The summed E-state index contributed by atoms with van der Waals surface area (Å²) in [6.07, 6.45) is 3.80. The van der Waals surface area contributed by atoms with E-state index >= 15 is 0 Å². The Kier molecular flexibility index (Phi) is 3.76. The molecule has 0 bridgehead atoms. The normalized spacial score (nSPS) is 22.9. The number of hydrogen-bond donors (Lipinski definition) is 3. The van der Waals surface area contributed by atoms with Gasteiger partial charge in [-0.3, -0.25) is 4.79 Å². The highest BCUT2D eigenvalue weighted by atomic mass is 16.3. The molecule has 0 aromatic heterocycles. The number of aliphatic hydroxyl groups is 1. The molecule has 1 aliphatic heterocycles. The molecule has 1 aliphatic carbocycles. The van der Waals surface area contributed by atoms with Crippen molar-refractivity contribution < 1.29 is 9.90 Å². The molecule has 20 heavy (non-hydrogen) atoms. The fourth-order valence-corrected chi connectivity index (χ4v) is 2.97. The van der Waals surface area contributed by atoms with Crippen molar-refractivity contribution in [2.75, 3.05) is 13.2 Å². The molecule has 0 saturated heterocycles. The summed E-state index contributed by atoms with van der Waals surface area (Å²) in [5.41, 5.74) is 2.73. The Morgan fingerprint density at radius 2 is 2.10 bits per heavy atom. The van der Waals surface area contributed by atoms with Crippen LogP contribution in [-0.4, -0.2) is 30.2 Å². The van der Waals surface area contributed by atoms with Gasteiger partial charge in [-0.25, -0.2) is 0 Å². The van der Waals surface area contributed by atoms with Gasteiger partial charge in [0.1, 0.15) is 0 Å². The third-order valence-corrected chi connectivity index (χ3v) is 4.63. The van der Waals surface area contributed by atoms with Crippen LogP contribution in [0.1, 0.15) is 30.4 Å². The maximum Gasteiger partial charge on any atom is 0.237 e. The second kappa shape index (κ2) is 5.54. The van der Waals surface area contributed by atoms with E-state index in [4.69, 9.17) is 5.11 Å². The first-order chi connectivity index (χ1) is 9.72. The van der Waals surface area contributed by atoms with Crippen LogP contribution in [0.4, 0.5) is 0 Å². The van der Waals surface area contributed by atoms with Gasteiger partial charge in [-0.1, -0.05) is 24.3 Å². The predicted octanol–water partition coefficient (Wildman–Crippen LogP) is 0.980. The van der Waals surface area contributed by atoms with E-state index in [-0.39, 0.29) is 24.0 Å². The Labute approximate surface area is 119 Å². The van der Waals surface area contributed by atoms with E-state index in [0.717, 1.165) is 32.2 Å². The van der Waals surface area contributed by atoms with Crippen LogP contribution in [0, 0.1) is 5.41 Å². The van der Waals surface area contributed by atoms with Crippen molar-refractivity contribution in [2.45, 2.75) is 38.3 Å². The number of aliphatic hydroxyl groups excluding tert-OH is 1. The number of carbonyl (C=O) groups is 1. The number of rotatable bonds is 5. The molecule has 4 nitrogen and oxygen atoms in total. The Balaban J connectivity index is 1.54. The summed E-state index contributed by atoms with van der Waals surface area (Å²) < 4.78 is 0. The van der Waals surface area contributed by atoms with E-state index in [0.29, 0.717) is 6.54 Å². The zero-order valence-corrected chi connectivity index (χ0v) is 11.7. The maximum absolute atomic E-state index is 12.3. The summed E-state index contributed by atoms with van der Waals surface area (Å²) in [6.45, 7) is 1.67. The van der Waals surface area contributed by atoms with E-state index in [1.165, 1.54) is 11.1 Å².